The Kier molecular flexibility index (Phi) is 2.97. The van der Waals surface area contributed by atoms with Crippen LogP contribution in [-0.4, -0.2) is 10.1 Å². The van der Waals surface area contributed by atoms with E-state index in [9.17, 15) is 5.11 Å². The Morgan fingerprint density at radius 3 is 2.62 bits per heavy atom. The molecule has 0 aliphatic heterocycles. The van der Waals surface area contributed by atoms with Crippen molar-refractivity contribution in [2.75, 3.05) is 0 Å². The van der Waals surface area contributed by atoms with Crippen molar-refractivity contribution in [2.24, 2.45) is 0 Å². The van der Waals surface area contributed by atoms with Gasteiger partial charge in [-0.1, -0.05) is 42.5 Å². The normalized spacial score (nSPS) is 16.0. The number of pyridine rings is 1. The summed E-state index contributed by atoms with van der Waals surface area (Å²) >= 11 is 0. The van der Waals surface area contributed by atoms with E-state index in [4.69, 9.17) is 0 Å². The lowest BCUT2D eigenvalue weighted by Crippen LogP contribution is -2.03. The van der Waals surface area contributed by atoms with Gasteiger partial charge in [0.25, 0.3) is 0 Å². The van der Waals surface area contributed by atoms with Gasteiger partial charge < -0.3 is 5.11 Å². The number of hydrogen-bond donors (Lipinski definition) is 1. The summed E-state index contributed by atoms with van der Waals surface area (Å²) < 4.78 is 0. The first-order valence-corrected chi connectivity index (χ1v) is 7.44. The van der Waals surface area contributed by atoms with Crippen LogP contribution in [0.15, 0.2) is 60.8 Å². The van der Waals surface area contributed by atoms with E-state index in [2.05, 4.69) is 17.1 Å². The standard InChI is InChI=1S/C19H17NO/c21-19(17-7-3-2-6-16(17)13-9-10-13)15-11-14-5-1-4-8-18(14)20-12-15/h1-8,11-13,19,21H,9-10H2. The predicted octanol–water partition coefficient (Wildman–Crippen LogP) is 4.19. The fraction of sp³-hybridized carbons (Fsp3) is 0.211. The Bertz CT molecular complexity index is 792. The topological polar surface area (TPSA) is 33.1 Å². The molecule has 2 nitrogen and oxygen atoms in total. The maximum atomic E-state index is 10.8. The van der Waals surface area contributed by atoms with Crippen LogP contribution in [0.2, 0.25) is 0 Å². The zero-order valence-corrected chi connectivity index (χ0v) is 11.7. The first kappa shape index (κ1) is 12.5. The Morgan fingerprint density at radius 2 is 1.76 bits per heavy atom. The molecule has 0 radical (unpaired) electrons. The number of benzene rings is 2. The van der Waals surface area contributed by atoms with Crippen LogP contribution < -0.4 is 0 Å². The zero-order valence-electron chi connectivity index (χ0n) is 11.7. The van der Waals surface area contributed by atoms with Crippen molar-refractivity contribution in [1.29, 1.82) is 0 Å². The molecule has 0 saturated heterocycles. The Morgan fingerprint density at radius 1 is 1.00 bits per heavy atom. The molecule has 1 aliphatic carbocycles. The summed E-state index contributed by atoms with van der Waals surface area (Å²) in [5.41, 5.74) is 4.14. The molecule has 1 fully saturated rings. The minimum absolute atomic E-state index is 0.598. The highest BCUT2D eigenvalue weighted by molar-refractivity contribution is 5.78. The van der Waals surface area contributed by atoms with Crippen LogP contribution in [0.3, 0.4) is 0 Å². The van der Waals surface area contributed by atoms with Crippen LogP contribution in [0.4, 0.5) is 0 Å². The molecule has 0 spiro atoms. The average molecular weight is 275 g/mol. The number of aromatic nitrogens is 1. The summed E-state index contributed by atoms with van der Waals surface area (Å²) in [5.74, 6) is 0.629. The van der Waals surface area contributed by atoms with Gasteiger partial charge in [-0.15, -0.1) is 0 Å². The van der Waals surface area contributed by atoms with Gasteiger partial charge in [0.1, 0.15) is 6.10 Å². The fourth-order valence-electron chi connectivity index (χ4n) is 2.94. The lowest BCUT2D eigenvalue weighted by atomic mass is 9.94. The third-order valence-electron chi connectivity index (χ3n) is 4.24. The molecule has 1 heterocycles. The van der Waals surface area contributed by atoms with Crippen molar-refractivity contribution in [3.63, 3.8) is 0 Å². The van der Waals surface area contributed by atoms with E-state index < -0.39 is 6.10 Å². The number of nitrogens with zero attached hydrogens (tertiary/aromatic N) is 1. The highest BCUT2D eigenvalue weighted by Gasteiger charge is 2.28. The second-order valence-electron chi connectivity index (χ2n) is 5.77. The highest BCUT2D eigenvalue weighted by atomic mass is 16.3. The van der Waals surface area contributed by atoms with Gasteiger partial charge in [-0.25, -0.2) is 0 Å². The van der Waals surface area contributed by atoms with Gasteiger partial charge in [-0.3, -0.25) is 4.98 Å². The summed E-state index contributed by atoms with van der Waals surface area (Å²) in [5, 5.41) is 11.8. The van der Waals surface area contributed by atoms with E-state index in [1.165, 1.54) is 18.4 Å². The Balaban J connectivity index is 1.77. The van der Waals surface area contributed by atoms with Crippen molar-refractivity contribution in [3.05, 3.63) is 77.5 Å². The van der Waals surface area contributed by atoms with Crippen LogP contribution in [0.25, 0.3) is 10.9 Å². The number of hydrogen-bond acceptors (Lipinski definition) is 2. The van der Waals surface area contributed by atoms with E-state index >= 15 is 0 Å². The second-order valence-corrected chi connectivity index (χ2v) is 5.77. The second kappa shape index (κ2) is 4.97. The van der Waals surface area contributed by atoms with E-state index in [-0.39, 0.29) is 0 Å². The molecule has 1 N–H and O–H groups in total. The molecule has 1 saturated carbocycles. The molecule has 1 aliphatic rings. The first-order chi connectivity index (χ1) is 10.3. The number of rotatable bonds is 3. The Hall–Kier alpha value is -2.19. The van der Waals surface area contributed by atoms with E-state index in [1.54, 1.807) is 6.20 Å². The van der Waals surface area contributed by atoms with E-state index in [0.29, 0.717) is 5.92 Å². The van der Waals surface area contributed by atoms with Crippen molar-refractivity contribution >= 4 is 10.9 Å². The summed E-state index contributed by atoms with van der Waals surface area (Å²) in [4.78, 5) is 4.46. The molecule has 1 unspecified atom stereocenters. The van der Waals surface area contributed by atoms with Gasteiger partial charge in [0.2, 0.25) is 0 Å². The van der Waals surface area contributed by atoms with Crippen molar-refractivity contribution in [2.45, 2.75) is 24.9 Å². The Labute approximate surface area is 124 Å². The van der Waals surface area contributed by atoms with Crippen LogP contribution in [0.5, 0.6) is 0 Å². The molecule has 1 atom stereocenters. The molecular weight excluding hydrogens is 258 g/mol. The largest absolute Gasteiger partial charge is 0.384 e. The number of fused-ring (bicyclic) bond motifs is 1. The number of aliphatic hydroxyl groups is 1. The average Bonchev–Trinajstić information content (AvgIpc) is 3.38. The monoisotopic (exact) mass is 275 g/mol. The van der Waals surface area contributed by atoms with Gasteiger partial charge in [-0.2, -0.15) is 0 Å². The predicted molar refractivity (Wildman–Crippen MR) is 84.2 cm³/mol. The maximum absolute atomic E-state index is 10.8. The van der Waals surface area contributed by atoms with E-state index in [0.717, 1.165) is 22.0 Å². The van der Waals surface area contributed by atoms with Gasteiger partial charge in [0, 0.05) is 17.1 Å². The van der Waals surface area contributed by atoms with Crippen molar-refractivity contribution in [3.8, 4) is 0 Å². The molecule has 21 heavy (non-hydrogen) atoms. The van der Waals surface area contributed by atoms with Gasteiger partial charge in [0.15, 0.2) is 0 Å². The molecule has 0 amide bonds. The van der Waals surface area contributed by atoms with Crippen LogP contribution >= 0.6 is 0 Å². The minimum Gasteiger partial charge on any atom is -0.384 e. The lowest BCUT2D eigenvalue weighted by molar-refractivity contribution is 0.219. The highest BCUT2D eigenvalue weighted by Crippen LogP contribution is 2.43. The molecule has 2 aromatic carbocycles. The smallest absolute Gasteiger partial charge is 0.106 e. The molecule has 0 bridgehead atoms. The summed E-state index contributed by atoms with van der Waals surface area (Å²) in [6.07, 6.45) is 3.66. The van der Waals surface area contributed by atoms with E-state index in [1.807, 2.05) is 42.5 Å². The summed E-state index contributed by atoms with van der Waals surface area (Å²) in [7, 11) is 0. The zero-order chi connectivity index (χ0) is 14.2. The summed E-state index contributed by atoms with van der Waals surface area (Å²) in [6.45, 7) is 0. The summed E-state index contributed by atoms with van der Waals surface area (Å²) in [6, 6.07) is 18.3. The fourth-order valence-corrected chi connectivity index (χ4v) is 2.94. The molecule has 2 heteroatoms. The quantitative estimate of drug-likeness (QED) is 0.777. The van der Waals surface area contributed by atoms with Crippen LogP contribution in [0, 0.1) is 0 Å². The van der Waals surface area contributed by atoms with Gasteiger partial charge in [0.05, 0.1) is 5.52 Å². The molecule has 3 aromatic rings. The molecule has 1 aromatic heterocycles. The molecular formula is C19H17NO. The van der Waals surface area contributed by atoms with Gasteiger partial charge >= 0.3 is 0 Å². The maximum Gasteiger partial charge on any atom is 0.106 e. The third kappa shape index (κ3) is 2.32. The van der Waals surface area contributed by atoms with Gasteiger partial charge in [-0.05, 0) is 42.0 Å². The van der Waals surface area contributed by atoms with Crippen molar-refractivity contribution < 1.29 is 5.11 Å². The lowest BCUT2D eigenvalue weighted by Gasteiger charge is -2.16. The number of para-hydroxylation sites is 1. The SMILES string of the molecule is OC(c1cnc2ccccc2c1)c1ccccc1C1CC1. The minimum atomic E-state index is -0.598. The third-order valence-corrected chi connectivity index (χ3v) is 4.24. The van der Waals surface area contributed by atoms with Crippen molar-refractivity contribution in [1.82, 2.24) is 4.98 Å². The molecule has 4 rings (SSSR count). The first-order valence-electron chi connectivity index (χ1n) is 7.44. The van der Waals surface area contributed by atoms with Crippen LogP contribution in [-0.2, 0) is 0 Å². The van der Waals surface area contributed by atoms with Crippen LogP contribution in [0.1, 0.15) is 41.6 Å². The number of aliphatic hydroxyl groups excluding tert-OH is 1. The molecule has 104 valence electrons.